The topological polar surface area (TPSA) is 33.5 Å². The summed E-state index contributed by atoms with van der Waals surface area (Å²) in [4.78, 5) is 15.2. The maximum absolute atomic E-state index is 13.4. The molecular formula is C22H37N2O+. The monoisotopic (exact) mass is 345 g/mol. The van der Waals surface area contributed by atoms with Crippen LogP contribution in [-0.4, -0.2) is 30.6 Å². The van der Waals surface area contributed by atoms with Gasteiger partial charge in [0.25, 0.3) is 0 Å². The van der Waals surface area contributed by atoms with Crippen LogP contribution in [0.15, 0.2) is 0 Å². The molecule has 25 heavy (non-hydrogen) atoms. The molecule has 1 amide bonds. The molecule has 6 rings (SSSR count). The Morgan fingerprint density at radius 3 is 2.04 bits per heavy atom. The molecule has 0 aromatic carbocycles. The fourth-order valence-electron chi connectivity index (χ4n) is 8.18. The van der Waals surface area contributed by atoms with E-state index in [4.69, 9.17) is 0 Å². The van der Waals surface area contributed by atoms with Crippen LogP contribution in [0.4, 0.5) is 0 Å². The normalized spacial score (nSPS) is 50.7. The highest BCUT2D eigenvalue weighted by Crippen LogP contribution is 2.60. The third-order valence-electron chi connectivity index (χ3n) is 8.69. The Bertz CT molecular complexity index is 481. The van der Waals surface area contributed by atoms with E-state index in [0.717, 1.165) is 29.8 Å². The molecule has 2 saturated heterocycles. The molecule has 0 aromatic heterocycles. The number of nitrogens with one attached hydrogen (secondary N) is 2. The molecule has 3 heteroatoms. The number of carbonyl (C=O) groups is 1. The fraction of sp³-hybridized carbons (Fsp3) is 0.955. The second-order valence-corrected chi connectivity index (χ2v) is 10.5. The van der Waals surface area contributed by atoms with Gasteiger partial charge in [-0.1, -0.05) is 6.92 Å². The van der Waals surface area contributed by atoms with E-state index in [1.54, 1.807) is 0 Å². The molecular weight excluding hydrogens is 308 g/mol. The average Bonchev–Trinajstić information content (AvgIpc) is 2.54. The number of piperidine rings is 2. The highest BCUT2D eigenvalue weighted by molar-refractivity contribution is 5.83. The lowest BCUT2D eigenvalue weighted by atomic mass is 9.49. The van der Waals surface area contributed by atoms with E-state index in [1.165, 1.54) is 83.6 Å². The van der Waals surface area contributed by atoms with Crippen LogP contribution in [0.1, 0.15) is 84.0 Å². The Balaban J connectivity index is 1.26. The molecule has 2 unspecified atom stereocenters. The van der Waals surface area contributed by atoms with Gasteiger partial charge in [0.2, 0.25) is 5.91 Å². The van der Waals surface area contributed by atoms with E-state index in [9.17, 15) is 4.79 Å². The van der Waals surface area contributed by atoms with E-state index in [1.807, 2.05) is 4.90 Å². The molecule has 4 atom stereocenters. The van der Waals surface area contributed by atoms with Crippen LogP contribution < -0.4 is 10.2 Å². The highest BCUT2D eigenvalue weighted by Gasteiger charge is 2.55. The second-order valence-electron chi connectivity index (χ2n) is 10.5. The summed E-state index contributed by atoms with van der Waals surface area (Å²) in [6.07, 6.45) is 15.9. The summed E-state index contributed by atoms with van der Waals surface area (Å²) in [5.74, 6) is 3.07. The van der Waals surface area contributed by atoms with Gasteiger partial charge in [0, 0.05) is 24.3 Å². The Morgan fingerprint density at radius 1 is 0.960 bits per heavy atom. The number of rotatable bonds is 4. The van der Waals surface area contributed by atoms with Gasteiger partial charge < -0.3 is 10.2 Å². The molecule has 6 bridgehead atoms. The molecule has 140 valence electrons. The third-order valence-corrected chi connectivity index (χ3v) is 8.69. The van der Waals surface area contributed by atoms with Crippen molar-refractivity contribution < 1.29 is 9.69 Å². The first kappa shape index (κ1) is 16.6. The standard InChI is InChI=1S/C22H36N2O/c1-2-6-24-19-4-3-5-20(24)11-18(10-19)23-21(25)22-12-15-7-16(13-22)9-17(8-15)14-22/h15-20H,2-14H2,1H3,(H,23,25)/p+1/t15?,16?,17?,18?,19-,20+,22?. The lowest BCUT2D eigenvalue weighted by molar-refractivity contribution is -0.961. The van der Waals surface area contributed by atoms with E-state index in [0.29, 0.717) is 11.9 Å². The van der Waals surface area contributed by atoms with Crippen LogP contribution in [0, 0.1) is 23.2 Å². The minimum Gasteiger partial charge on any atom is -0.352 e. The molecule has 0 aromatic rings. The summed E-state index contributed by atoms with van der Waals surface area (Å²) in [5, 5.41) is 3.61. The van der Waals surface area contributed by atoms with Crippen molar-refractivity contribution in [3.63, 3.8) is 0 Å². The molecule has 3 nitrogen and oxygen atoms in total. The maximum atomic E-state index is 13.4. The van der Waals surface area contributed by atoms with Gasteiger partial charge in [-0.05, 0) is 82.0 Å². The lowest BCUT2D eigenvalue weighted by Crippen LogP contribution is -3.21. The predicted octanol–water partition coefficient (Wildman–Crippen LogP) is 2.70. The lowest BCUT2D eigenvalue weighted by Gasteiger charge is -2.56. The Kier molecular flexibility index (Phi) is 4.15. The van der Waals surface area contributed by atoms with E-state index < -0.39 is 0 Å². The molecule has 0 spiro atoms. The molecule has 6 fully saturated rings. The van der Waals surface area contributed by atoms with Crippen molar-refractivity contribution in [2.75, 3.05) is 6.54 Å². The van der Waals surface area contributed by atoms with Crippen molar-refractivity contribution in [3.8, 4) is 0 Å². The van der Waals surface area contributed by atoms with Crippen LogP contribution in [-0.2, 0) is 4.79 Å². The Morgan fingerprint density at radius 2 is 1.52 bits per heavy atom. The van der Waals surface area contributed by atoms with Gasteiger partial charge in [0.05, 0.1) is 18.6 Å². The number of amides is 1. The number of hydrogen-bond donors (Lipinski definition) is 2. The molecule has 6 aliphatic rings. The van der Waals surface area contributed by atoms with Crippen LogP contribution in [0.5, 0.6) is 0 Å². The molecule has 2 heterocycles. The summed E-state index contributed by atoms with van der Waals surface area (Å²) in [7, 11) is 0. The highest BCUT2D eigenvalue weighted by atomic mass is 16.2. The van der Waals surface area contributed by atoms with Gasteiger partial charge in [-0.2, -0.15) is 0 Å². The van der Waals surface area contributed by atoms with Gasteiger partial charge >= 0.3 is 0 Å². The number of quaternary nitrogens is 1. The van der Waals surface area contributed by atoms with Gasteiger partial charge in [0.1, 0.15) is 0 Å². The van der Waals surface area contributed by atoms with Gasteiger partial charge in [-0.25, -0.2) is 0 Å². The van der Waals surface area contributed by atoms with E-state index in [-0.39, 0.29) is 5.41 Å². The zero-order valence-electron chi connectivity index (χ0n) is 16.1. The second kappa shape index (κ2) is 6.25. The minimum atomic E-state index is 0.0390. The predicted molar refractivity (Wildman–Crippen MR) is 99.3 cm³/mol. The third kappa shape index (κ3) is 2.85. The first-order valence-corrected chi connectivity index (χ1v) is 11.3. The maximum Gasteiger partial charge on any atom is 0.226 e. The average molecular weight is 346 g/mol. The Labute approximate surface area is 153 Å². The first-order chi connectivity index (χ1) is 12.1. The van der Waals surface area contributed by atoms with Crippen molar-refractivity contribution in [1.29, 1.82) is 0 Å². The summed E-state index contributed by atoms with van der Waals surface area (Å²) in [5.41, 5.74) is 0.0390. The number of carbonyl (C=O) groups excluding carboxylic acids is 1. The molecule has 2 aliphatic heterocycles. The van der Waals surface area contributed by atoms with E-state index in [2.05, 4.69) is 12.2 Å². The van der Waals surface area contributed by atoms with Crippen LogP contribution in [0.2, 0.25) is 0 Å². The van der Waals surface area contributed by atoms with Crippen molar-refractivity contribution in [1.82, 2.24) is 5.32 Å². The van der Waals surface area contributed by atoms with Crippen molar-refractivity contribution in [3.05, 3.63) is 0 Å². The van der Waals surface area contributed by atoms with Gasteiger partial charge in [-0.15, -0.1) is 0 Å². The largest absolute Gasteiger partial charge is 0.352 e. The number of hydrogen-bond acceptors (Lipinski definition) is 1. The smallest absolute Gasteiger partial charge is 0.226 e. The quantitative estimate of drug-likeness (QED) is 0.807. The minimum absolute atomic E-state index is 0.0390. The molecule has 4 aliphatic carbocycles. The van der Waals surface area contributed by atoms with Crippen molar-refractivity contribution in [2.45, 2.75) is 102 Å². The first-order valence-electron chi connectivity index (χ1n) is 11.3. The summed E-state index contributed by atoms with van der Waals surface area (Å²) in [6.45, 7) is 3.66. The summed E-state index contributed by atoms with van der Waals surface area (Å²) >= 11 is 0. The molecule has 2 N–H and O–H groups in total. The zero-order valence-corrected chi connectivity index (χ0v) is 16.1. The van der Waals surface area contributed by atoms with Crippen molar-refractivity contribution >= 4 is 5.91 Å². The van der Waals surface area contributed by atoms with Gasteiger partial charge in [0.15, 0.2) is 0 Å². The zero-order chi connectivity index (χ0) is 17.0. The SMILES string of the molecule is CCC[NH+]1[C@@H]2CCC[C@H]1CC(NC(=O)C13CC4CC(CC(C4)C1)C3)C2. The van der Waals surface area contributed by atoms with Gasteiger partial charge in [-0.3, -0.25) is 4.79 Å². The van der Waals surface area contributed by atoms with Crippen LogP contribution in [0.25, 0.3) is 0 Å². The molecule has 4 saturated carbocycles. The van der Waals surface area contributed by atoms with Crippen LogP contribution in [0.3, 0.4) is 0 Å². The van der Waals surface area contributed by atoms with E-state index >= 15 is 0 Å². The summed E-state index contributed by atoms with van der Waals surface area (Å²) in [6, 6.07) is 2.10. The van der Waals surface area contributed by atoms with Crippen LogP contribution >= 0.6 is 0 Å². The number of fused-ring (bicyclic) bond motifs is 2. The summed E-state index contributed by atoms with van der Waals surface area (Å²) < 4.78 is 0. The van der Waals surface area contributed by atoms with Crippen molar-refractivity contribution in [2.24, 2.45) is 23.2 Å². The molecule has 0 radical (unpaired) electrons. The Hall–Kier alpha value is -0.570. The fourth-order valence-corrected chi connectivity index (χ4v) is 8.18.